The minimum atomic E-state index is -3.98. The van der Waals surface area contributed by atoms with E-state index in [0.29, 0.717) is 5.69 Å². The van der Waals surface area contributed by atoms with Crippen LogP contribution in [-0.2, 0) is 22.9 Å². The fourth-order valence-electron chi connectivity index (χ4n) is 4.37. The normalized spacial score (nSPS) is 14.2. The van der Waals surface area contributed by atoms with Crippen LogP contribution in [0.4, 0.5) is 5.69 Å². The molecule has 1 amide bonds. The van der Waals surface area contributed by atoms with Gasteiger partial charge in [-0.05, 0) is 85.5 Å². The van der Waals surface area contributed by atoms with Crippen molar-refractivity contribution >= 4 is 33.2 Å². The second-order valence-electron chi connectivity index (χ2n) is 8.74. The van der Waals surface area contributed by atoms with Crippen molar-refractivity contribution in [3.05, 3.63) is 93.5 Å². The summed E-state index contributed by atoms with van der Waals surface area (Å²) in [6.45, 7) is 3.84. The van der Waals surface area contributed by atoms with Gasteiger partial charge < -0.3 is 5.32 Å². The molecule has 5 nitrogen and oxygen atoms in total. The van der Waals surface area contributed by atoms with Crippen LogP contribution in [0.15, 0.2) is 65.6 Å². The highest BCUT2D eigenvalue weighted by atomic mass is 35.5. The molecule has 7 heteroatoms. The smallest absolute Gasteiger partial charge is 0.263 e. The summed E-state index contributed by atoms with van der Waals surface area (Å²) >= 11 is 6.24. The summed E-state index contributed by atoms with van der Waals surface area (Å²) in [5.41, 5.74) is 5.31. The maximum atomic E-state index is 13.1. The fourth-order valence-corrected chi connectivity index (χ4v) is 6.03. The van der Waals surface area contributed by atoms with Crippen molar-refractivity contribution in [2.75, 3.05) is 4.72 Å². The van der Waals surface area contributed by atoms with E-state index in [1.165, 1.54) is 36.1 Å². The second-order valence-corrected chi connectivity index (χ2v) is 10.8. The molecule has 1 unspecified atom stereocenters. The molecule has 1 atom stereocenters. The van der Waals surface area contributed by atoms with Crippen LogP contribution in [0.5, 0.6) is 0 Å². The zero-order chi connectivity index (χ0) is 24.3. The number of halogens is 1. The van der Waals surface area contributed by atoms with Crippen LogP contribution in [0.3, 0.4) is 0 Å². The van der Waals surface area contributed by atoms with Gasteiger partial charge in [-0.2, -0.15) is 0 Å². The molecule has 0 aliphatic heterocycles. The number of para-hydroxylation sites is 1. The number of benzene rings is 3. The van der Waals surface area contributed by atoms with Crippen molar-refractivity contribution in [1.29, 1.82) is 0 Å². The highest BCUT2D eigenvalue weighted by Gasteiger charge is 2.22. The third-order valence-corrected chi connectivity index (χ3v) is 8.21. The quantitative estimate of drug-likeness (QED) is 0.408. The van der Waals surface area contributed by atoms with E-state index in [4.69, 9.17) is 11.6 Å². The molecule has 0 saturated carbocycles. The van der Waals surface area contributed by atoms with Crippen molar-refractivity contribution < 1.29 is 13.2 Å². The van der Waals surface area contributed by atoms with Crippen molar-refractivity contribution in [3.8, 4) is 0 Å². The molecule has 178 valence electrons. The molecular formula is C27H29ClN2O3S. The first-order chi connectivity index (χ1) is 16.3. The number of carbonyl (C=O) groups excluding carboxylic acids is 1. The Morgan fingerprint density at radius 2 is 1.74 bits per heavy atom. The first-order valence-electron chi connectivity index (χ1n) is 11.6. The van der Waals surface area contributed by atoms with Crippen molar-refractivity contribution in [2.24, 2.45) is 0 Å². The Morgan fingerprint density at radius 1 is 1.00 bits per heavy atom. The molecule has 1 aliphatic carbocycles. The van der Waals surface area contributed by atoms with Gasteiger partial charge in [-0.3, -0.25) is 9.52 Å². The molecule has 0 spiro atoms. The van der Waals surface area contributed by atoms with Crippen molar-refractivity contribution in [1.82, 2.24) is 5.32 Å². The summed E-state index contributed by atoms with van der Waals surface area (Å²) in [5.74, 6) is -0.339. The Hall–Kier alpha value is -2.83. The van der Waals surface area contributed by atoms with Gasteiger partial charge in [0.1, 0.15) is 4.90 Å². The van der Waals surface area contributed by atoms with Gasteiger partial charge in [0.15, 0.2) is 0 Å². The van der Waals surface area contributed by atoms with Gasteiger partial charge in [0, 0.05) is 5.56 Å². The summed E-state index contributed by atoms with van der Waals surface area (Å²) in [7, 11) is -3.98. The second kappa shape index (κ2) is 10.2. The number of hydrogen-bond acceptors (Lipinski definition) is 3. The maximum absolute atomic E-state index is 13.1. The molecule has 0 aromatic heterocycles. The van der Waals surface area contributed by atoms with Gasteiger partial charge in [-0.15, -0.1) is 0 Å². The molecule has 4 rings (SSSR count). The van der Waals surface area contributed by atoms with E-state index in [1.54, 1.807) is 18.2 Å². The molecule has 0 fully saturated rings. The van der Waals surface area contributed by atoms with Gasteiger partial charge in [0.2, 0.25) is 0 Å². The lowest BCUT2D eigenvalue weighted by molar-refractivity contribution is 0.0935. The standard InChI is InChI=1S/C27H29ClN2O3S/c1-3-24(21-13-12-19-9-5-6-10-20(19)16-21)29-27(31)22-14-15-23(28)26(17-22)34(32,33)30-25-11-7-4-8-18(25)2/h4,7-8,11-17,24,30H,3,5-6,9-10H2,1-2H3,(H,29,31). The van der Waals surface area contributed by atoms with Crippen LogP contribution in [-0.4, -0.2) is 14.3 Å². The zero-order valence-corrected chi connectivity index (χ0v) is 21.0. The first kappa shape index (κ1) is 24.3. The number of amides is 1. The first-order valence-corrected chi connectivity index (χ1v) is 13.4. The third-order valence-electron chi connectivity index (χ3n) is 6.36. The predicted octanol–water partition coefficient (Wildman–Crippen LogP) is 6.21. The molecule has 0 heterocycles. The summed E-state index contributed by atoms with van der Waals surface area (Å²) in [4.78, 5) is 13.0. The van der Waals surface area contributed by atoms with Crippen LogP contribution in [0.25, 0.3) is 0 Å². The van der Waals surface area contributed by atoms with E-state index in [-0.39, 0.29) is 27.4 Å². The van der Waals surface area contributed by atoms with Gasteiger partial charge in [0.25, 0.3) is 15.9 Å². The largest absolute Gasteiger partial charge is 0.345 e. The van der Waals surface area contributed by atoms with E-state index in [0.717, 1.165) is 30.4 Å². The van der Waals surface area contributed by atoms with Crippen LogP contribution in [0.2, 0.25) is 5.02 Å². The molecule has 0 radical (unpaired) electrons. The molecule has 0 saturated heterocycles. The molecule has 2 N–H and O–H groups in total. The van der Waals surface area contributed by atoms with Gasteiger partial charge in [-0.1, -0.05) is 54.9 Å². The molecule has 0 bridgehead atoms. The van der Waals surface area contributed by atoms with Gasteiger partial charge in [0.05, 0.1) is 16.8 Å². The molecule has 3 aromatic carbocycles. The van der Waals surface area contributed by atoms with Crippen molar-refractivity contribution in [2.45, 2.75) is 56.9 Å². The van der Waals surface area contributed by atoms with Crippen LogP contribution in [0, 0.1) is 6.92 Å². The number of fused-ring (bicyclic) bond motifs is 1. The van der Waals surface area contributed by atoms with Gasteiger partial charge >= 0.3 is 0 Å². The van der Waals surface area contributed by atoms with Crippen molar-refractivity contribution in [3.63, 3.8) is 0 Å². The Kier molecular flexibility index (Phi) is 7.29. The van der Waals surface area contributed by atoms with E-state index in [2.05, 4.69) is 28.2 Å². The average molecular weight is 497 g/mol. The number of anilines is 1. The number of aryl methyl sites for hydroxylation is 3. The molecule has 1 aliphatic rings. The predicted molar refractivity (Wildman–Crippen MR) is 137 cm³/mol. The summed E-state index contributed by atoms with van der Waals surface area (Å²) in [6.07, 6.45) is 5.31. The molecule has 3 aromatic rings. The Balaban J connectivity index is 1.57. The molecule has 34 heavy (non-hydrogen) atoms. The maximum Gasteiger partial charge on any atom is 0.263 e. The SMILES string of the molecule is CCC(NC(=O)c1ccc(Cl)c(S(=O)(=O)Nc2ccccc2C)c1)c1ccc2c(c1)CCCC2. The van der Waals surface area contributed by atoms with Crippen LogP contribution < -0.4 is 10.0 Å². The van der Waals surface area contributed by atoms with E-state index < -0.39 is 10.0 Å². The highest BCUT2D eigenvalue weighted by Crippen LogP contribution is 2.28. The van der Waals surface area contributed by atoms with E-state index >= 15 is 0 Å². The Bertz CT molecular complexity index is 1320. The number of sulfonamides is 1. The average Bonchev–Trinajstić information content (AvgIpc) is 2.83. The number of nitrogens with one attached hydrogen (secondary N) is 2. The number of carbonyl (C=O) groups is 1. The monoisotopic (exact) mass is 496 g/mol. The number of hydrogen-bond donors (Lipinski definition) is 2. The third kappa shape index (κ3) is 5.29. The zero-order valence-electron chi connectivity index (χ0n) is 19.4. The number of rotatable bonds is 7. The highest BCUT2D eigenvalue weighted by molar-refractivity contribution is 7.92. The lowest BCUT2D eigenvalue weighted by Crippen LogP contribution is -2.28. The molecular weight excluding hydrogens is 468 g/mol. The van der Waals surface area contributed by atoms with Crippen LogP contribution in [0.1, 0.15) is 64.8 Å². The van der Waals surface area contributed by atoms with E-state index in [1.807, 2.05) is 26.0 Å². The van der Waals surface area contributed by atoms with Gasteiger partial charge in [-0.25, -0.2) is 8.42 Å². The van der Waals surface area contributed by atoms with E-state index in [9.17, 15) is 13.2 Å². The summed E-state index contributed by atoms with van der Waals surface area (Å²) < 4.78 is 28.7. The topological polar surface area (TPSA) is 75.3 Å². The van der Waals surface area contributed by atoms with Crippen LogP contribution >= 0.6 is 11.6 Å². The summed E-state index contributed by atoms with van der Waals surface area (Å²) in [6, 6.07) is 17.7. The fraction of sp³-hybridized carbons (Fsp3) is 0.296. The Labute approximate surface area is 206 Å². The lowest BCUT2D eigenvalue weighted by Gasteiger charge is -2.22. The minimum Gasteiger partial charge on any atom is -0.345 e. The summed E-state index contributed by atoms with van der Waals surface area (Å²) in [5, 5.41) is 3.12. The Morgan fingerprint density at radius 3 is 2.47 bits per heavy atom. The lowest BCUT2D eigenvalue weighted by atomic mass is 9.88. The minimum absolute atomic E-state index is 0.0550.